The highest BCUT2D eigenvalue weighted by Crippen LogP contribution is 2.27. The lowest BCUT2D eigenvalue weighted by Gasteiger charge is -2.11. The molecule has 2 rings (SSSR count). The molecule has 0 radical (unpaired) electrons. The molecule has 0 fully saturated rings. The van der Waals surface area contributed by atoms with E-state index < -0.39 is 5.82 Å². The summed E-state index contributed by atoms with van der Waals surface area (Å²) in [4.78, 5) is 4.38. The summed E-state index contributed by atoms with van der Waals surface area (Å²) in [6.07, 6.45) is 0. The van der Waals surface area contributed by atoms with E-state index in [1.165, 1.54) is 6.07 Å². The summed E-state index contributed by atoms with van der Waals surface area (Å²) < 4.78 is 20.0. The van der Waals surface area contributed by atoms with E-state index in [2.05, 4.69) is 20.9 Å². The summed E-state index contributed by atoms with van der Waals surface area (Å²) in [6, 6.07) is 8.30. The Labute approximate surface area is 126 Å². The zero-order valence-electron chi connectivity index (χ0n) is 11.4. The Morgan fingerprint density at radius 1 is 1.30 bits per heavy atom. The number of halogens is 2. The fourth-order valence-electron chi connectivity index (χ4n) is 1.72. The van der Waals surface area contributed by atoms with E-state index in [1.54, 1.807) is 18.2 Å². The molecule has 0 aliphatic carbocycles. The van der Waals surface area contributed by atoms with E-state index >= 15 is 0 Å². The Hall–Kier alpha value is -1.46. The van der Waals surface area contributed by atoms with Crippen molar-refractivity contribution in [1.29, 1.82) is 0 Å². The molecule has 0 bridgehead atoms. The average Bonchev–Trinajstić information content (AvgIpc) is 2.41. The maximum Gasteiger partial charge on any atom is 0.219 e. The monoisotopic (exact) mass is 338 g/mol. The van der Waals surface area contributed by atoms with Crippen LogP contribution in [0.25, 0.3) is 0 Å². The highest BCUT2D eigenvalue weighted by Gasteiger charge is 2.10. The molecule has 5 heteroatoms. The van der Waals surface area contributed by atoms with E-state index in [-0.39, 0.29) is 11.7 Å². The Morgan fingerprint density at radius 3 is 2.65 bits per heavy atom. The zero-order chi connectivity index (χ0) is 14.7. The molecular weight excluding hydrogens is 323 g/mol. The molecule has 0 amide bonds. The molecule has 2 N–H and O–H groups in total. The van der Waals surface area contributed by atoms with Crippen LogP contribution >= 0.6 is 15.9 Å². The number of rotatable bonds is 4. The number of ether oxygens (including phenoxy) is 1. The minimum Gasteiger partial charge on any atom is -0.436 e. The molecule has 0 unspecified atom stereocenters. The third-order valence-corrected chi connectivity index (χ3v) is 3.31. The Morgan fingerprint density at radius 2 is 2.05 bits per heavy atom. The van der Waals surface area contributed by atoms with Crippen molar-refractivity contribution in [3.05, 3.63) is 51.9 Å². The largest absolute Gasteiger partial charge is 0.436 e. The Balaban J connectivity index is 2.34. The minimum atomic E-state index is -0.439. The van der Waals surface area contributed by atoms with Crippen molar-refractivity contribution in [2.45, 2.75) is 26.3 Å². The summed E-state index contributed by atoms with van der Waals surface area (Å²) in [7, 11) is 0. The molecule has 1 heterocycles. The van der Waals surface area contributed by atoms with Crippen LogP contribution in [0, 0.1) is 5.82 Å². The van der Waals surface area contributed by atoms with Gasteiger partial charge in [0.1, 0.15) is 0 Å². The second kappa shape index (κ2) is 6.33. The summed E-state index contributed by atoms with van der Waals surface area (Å²) >= 11 is 3.21. The molecule has 1 aromatic heterocycles. The minimum absolute atomic E-state index is 0.143. The topological polar surface area (TPSA) is 48.1 Å². The molecule has 2 aromatic rings. The molecule has 1 aromatic carbocycles. The predicted octanol–water partition coefficient (Wildman–Crippen LogP) is 4.36. The van der Waals surface area contributed by atoms with Gasteiger partial charge in [-0.2, -0.15) is 0 Å². The molecule has 0 spiro atoms. The maximum absolute atomic E-state index is 13.8. The summed E-state index contributed by atoms with van der Waals surface area (Å²) in [6.45, 7) is 4.46. The lowest BCUT2D eigenvalue weighted by Crippen LogP contribution is -2.02. The van der Waals surface area contributed by atoms with Crippen molar-refractivity contribution in [3.8, 4) is 11.6 Å². The van der Waals surface area contributed by atoms with Gasteiger partial charge in [0.05, 0.1) is 0 Å². The fraction of sp³-hybridized carbons (Fsp3) is 0.267. The van der Waals surface area contributed by atoms with Crippen LogP contribution in [0.4, 0.5) is 4.39 Å². The van der Waals surface area contributed by atoms with Gasteiger partial charge in [-0.1, -0.05) is 29.8 Å². The second-order valence-corrected chi connectivity index (χ2v) is 5.69. The third kappa shape index (κ3) is 3.55. The van der Waals surface area contributed by atoms with Crippen LogP contribution in [0.3, 0.4) is 0 Å². The molecular formula is C15H16BrFN2O. The van der Waals surface area contributed by atoms with Gasteiger partial charge in [-0.3, -0.25) is 0 Å². The molecule has 0 saturated heterocycles. The van der Waals surface area contributed by atoms with Gasteiger partial charge in [0, 0.05) is 22.8 Å². The Kier molecular flexibility index (Phi) is 4.73. The molecule has 0 aliphatic heterocycles. The smallest absolute Gasteiger partial charge is 0.219 e. The lowest BCUT2D eigenvalue weighted by atomic mass is 10.1. The molecule has 0 atom stereocenters. The molecule has 20 heavy (non-hydrogen) atoms. The van der Waals surface area contributed by atoms with Crippen molar-refractivity contribution in [3.63, 3.8) is 0 Å². The van der Waals surface area contributed by atoms with Crippen molar-refractivity contribution in [2.75, 3.05) is 0 Å². The van der Waals surface area contributed by atoms with Crippen LogP contribution in [0.2, 0.25) is 0 Å². The fourth-order valence-corrected chi connectivity index (χ4v) is 2.05. The molecule has 106 valence electrons. The number of benzene rings is 1. The van der Waals surface area contributed by atoms with Crippen LogP contribution < -0.4 is 10.5 Å². The summed E-state index contributed by atoms with van der Waals surface area (Å²) in [5, 5.41) is 0. The number of nitrogens with two attached hydrogens (primary N) is 1. The molecule has 3 nitrogen and oxygen atoms in total. The van der Waals surface area contributed by atoms with Gasteiger partial charge in [0.15, 0.2) is 11.6 Å². The van der Waals surface area contributed by atoms with E-state index in [0.29, 0.717) is 16.9 Å². The quantitative estimate of drug-likeness (QED) is 0.900. The van der Waals surface area contributed by atoms with E-state index in [1.807, 2.05) is 19.9 Å². The predicted molar refractivity (Wildman–Crippen MR) is 80.4 cm³/mol. The van der Waals surface area contributed by atoms with Gasteiger partial charge in [-0.15, -0.1) is 0 Å². The van der Waals surface area contributed by atoms with Crippen LogP contribution in [-0.4, -0.2) is 4.98 Å². The highest BCUT2D eigenvalue weighted by atomic mass is 79.9. The van der Waals surface area contributed by atoms with Gasteiger partial charge in [-0.25, -0.2) is 9.37 Å². The number of hydrogen-bond acceptors (Lipinski definition) is 3. The molecule has 0 saturated carbocycles. The van der Waals surface area contributed by atoms with Crippen molar-refractivity contribution in [2.24, 2.45) is 5.73 Å². The van der Waals surface area contributed by atoms with Gasteiger partial charge in [0.25, 0.3) is 0 Å². The second-order valence-electron chi connectivity index (χ2n) is 4.77. The highest BCUT2D eigenvalue weighted by molar-refractivity contribution is 9.10. The van der Waals surface area contributed by atoms with Gasteiger partial charge in [-0.05, 0) is 35.7 Å². The number of hydrogen-bond donors (Lipinski definition) is 1. The SMILES string of the molecule is CC(C)c1cc(CN)cc(Oc2ccc(Br)cc2F)n1. The lowest BCUT2D eigenvalue weighted by molar-refractivity contribution is 0.424. The Bertz CT molecular complexity index is 617. The van der Waals surface area contributed by atoms with Crippen LogP contribution in [0.1, 0.15) is 31.0 Å². The first kappa shape index (κ1) is 14.9. The van der Waals surface area contributed by atoms with E-state index in [0.717, 1.165) is 11.3 Å². The number of nitrogens with zero attached hydrogens (tertiary/aromatic N) is 1. The first-order valence-electron chi connectivity index (χ1n) is 6.33. The first-order chi connectivity index (χ1) is 9.49. The normalized spacial score (nSPS) is 10.9. The van der Waals surface area contributed by atoms with E-state index in [4.69, 9.17) is 10.5 Å². The van der Waals surface area contributed by atoms with Crippen LogP contribution in [-0.2, 0) is 6.54 Å². The van der Waals surface area contributed by atoms with Gasteiger partial charge in [0.2, 0.25) is 5.88 Å². The van der Waals surface area contributed by atoms with Crippen LogP contribution in [0.15, 0.2) is 34.8 Å². The van der Waals surface area contributed by atoms with E-state index in [9.17, 15) is 4.39 Å². The average molecular weight is 339 g/mol. The summed E-state index contributed by atoms with van der Waals surface area (Å²) in [5.41, 5.74) is 7.46. The van der Waals surface area contributed by atoms with Crippen molar-refractivity contribution >= 4 is 15.9 Å². The number of aromatic nitrogens is 1. The number of pyridine rings is 1. The molecule has 0 aliphatic rings. The van der Waals surface area contributed by atoms with Gasteiger partial charge >= 0.3 is 0 Å². The van der Waals surface area contributed by atoms with Gasteiger partial charge < -0.3 is 10.5 Å². The third-order valence-electron chi connectivity index (χ3n) is 2.82. The standard InChI is InChI=1S/C15H16BrFN2O/c1-9(2)13-5-10(8-18)6-15(19-13)20-14-4-3-11(16)7-12(14)17/h3-7,9H,8,18H2,1-2H3. The first-order valence-corrected chi connectivity index (χ1v) is 7.12. The maximum atomic E-state index is 13.8. The van der Waals surface area contributed by atoms with Crippen molar-refractivity contribution in [1.82, 2.24) is 4.98 Å². The summed E-state index contributed by atoms with van der Waals surface area (Å²) in [5.74, 6) is 0.312. The zero-order valence-corrected chi connectivity index (χ0v) is 12.9. The van der Waals surface area contributed by atoms with Crippen LogP contribution in [0.5, 0.6) is 11.6 Å². The van der Waals surface area contributed by atoms with Crippen molar-refractivity contribution < 1.29 is 9.13 Å².